The van der Waals surface area contributed by atoms with Gasteiger partial charge in [0.05, 0.1) is 13.2 Å². The lowest BCUT2D eigenvalue weighted by Crippen LogP contribution is -2.42. The van der Waals surface area contributed by atoms with E-state index in [1.54, 1.807) is 7.11 Å². The number of hydrogen-bond donors (Lipinski definition) is 1. The first-order valence-corrected chi connectivity index (χ1v) is 5.35. The van der Waals surface area contributed by atoms with Crippen molar-refractivity contribution in [2.24, 2.45) is 5.92 Å². The molecule has 0 spiro atoms. The number of nitrogens with one attached hydrogen (secondary N) is 1. The minimum Gasteiger partial charge on any atom is -0.468 e. The fourth-order valence-electron chi connectivity index (χ4n) is 1.27. The summed E-state index contributed by atoms with van der Waals surface area (Å²) < 4.78 is 9.84. The van der Waals surface area contributed by atoms with E-state index in [-0.39, 0.29) is 18.1 Å². The average Bonchev–Trinajstić information content (AvgIpc) is 2.21. The highest BCUT2D eigenvalue weighted by Crippen LogP contribution is 2.06. The molecule has 0 fully saturated rings. The van der Waals surface area contributed by atoms with Crippen molar-refractivity contribution >= 4 is 5.97 Å². The Hall–Kier alpha value is -0.610. The highest BCUT2D eigenvalue weighted by molar-refractivity contribution is 5.75. The van der Waals surface area contributed by atoms with Crippen LogP contribution in [0.5, 0.6) is 0 Å². The Morgan fingerprint density at radius 1 is 1.27 bits per heavy atom. The zero-order valence-corrected chi connectivity index (χ0v) is 10.4. The fourth-order valence-corrected chi connectivity index (χ4v) is 1.27. The maximum absolute atomic E-state index is 11.4. The molecule has 2 atom stereocenters. The van der Waals surface area contributed by atoms with Gasteiger partial charge in [-0.25, -0.2) is 0 Å². The zero-order valence-electron chi connectivity index (χ0n) is 10.4. The molecule has 4 nitrogen and oxygen atoms in total. The predicted octanol–water partition coefficient (Wildman–Crippen LogP) is 1.20. The second-order valence-electron chi connectivity index (χ2n) is 4.16. The van der Waals surface area contributed by atoms with Crippen molar-refractivity contribution in [3.05, 3.63) is 0 Å². The summed E-state index contributed by atoms with van der Waals surface area (Å²) in [5.74, 6) is 0.256. The number of ether oxygens (including phenoxy) is 2. The molecule has 4 heteroatoms. The molecule has 0 rings (SSSR count). The van der Waals surface area contributed by atoms with E-state index in [4.69, 9.17) is 9.47 Å². The molecular formula is C11H23NO3. The standard InChI is InChI=1S/C11H23NO3/c1-8(2)6-10(11(13)15-5)12-7-9(3)14-4/h8-10,12H,6-7H2,1-5H3. The first kappa shape index (κ1) is 14.4. The van der Waals surface area contributed by atoms with Gasteiger partial charge in [0.2, 0.25) is 0 Å². The quantitative estimate of drug-likeness (QED) is 0.651. The van der Waals surface area contributed by atoms with E-state index in [2.05, 4.69) is 19.2 Å². The molecule has 0 aliphatic carbocycles. The molecule has 2 unspecified atom stereocenters. The van der Waals surface area contributed by atoms with E-state index in [0.717, 1.165) is 6.42 Å². The van der Waals surface area contributed by atoms with Gasteiger partial charge in [0.1, 0.15) is 6.04 Å². The predicted molar refractivity (Wildman–Crippen MR) is 59.7 cm³/mol. The summed E-state index contributed by atoms with van der Waals surface area (Å²) in [5, 5.41) is 3.15. The van der Waals surface area contributed by atoms with Crippen molar-refractivity contribution in [2.75, 3.05) is 20.8 Å². The summed E-state index contributed by atoms with van der Waals surface area (Å²) in [6, 6.07) is -0.229. The van der Waals surface area contributed by atoms with Gasteiger partial charge in [0.15, 0.2) is 0 Å². The lowest BCUT2D eigenvalue weighted by Gasteiger charge is -2.20. The normalized spacial score (nSPS) is 15.1. The van der Waals surface area contributed by atoms with Crippen molar-refractivity contribution in [3.8, 4) is 0 Å². The monoisotopic (exact) mass is 217 g/mol. The Labute approximate surface area is 92.3 Å². The SMILES string of the molecule is COC(=O)C(CC(C)C)NCC(C)OC. The molecule has 0 saturated heterocycles. The molecule has 0 aliphatic heterocycles. The summed E-state index contributed by atoms with van der Waals surface area (Å²) in [6.45, 7) is 6.77. The van der Waals surface area contributed by atoms with Crippen LogP contribution in [0.2, 0.25) is 0 Å². The molecule has 0 radical (unpaired) electrons. The van der Waals surface area contributed by atoms with Crippen molar-refractivity contribution < 1.29 is 14.3 Å². The highest BCUT2D eigenvalue weighted by atomic mass is 16.5. The highest BCUT2D eigenvalue weighted by Gasteiger charge is 2.20. The molecule has 0 aliphatic rings. The second kappa shape index (κ2) is 7.65. The molecule has 0 bridgehead atoms. The van der Waals surface area contributed by atoms with E-state index < -0.39 is 0 Å². The van der Waals surface area contributed by atoms with Gasteiger partial charge in [-0.05, 0) is 19.3 Å². The van der Waals surface area contributed by atoms with Crippen LogP contribution in [0, 0.1) is 5.92 Å². The molecule has 0 heterocycles. The first-order valence-electron chi connectivity index (χ1n) is 5.35. The number of carbonyl (C=O) groups excluding carboxylic acids is 1. The van der Waals surface area contributed by atoms with Gasteiger partial charge in [0, 0.05) is 13.7 Å². The van der Waals surface area contributed by atoms with Gasteiger partial charge in [-0.3, -0.25) is 4.79 Å². The van der Waals surface area contributed by atoms with Gasteiger partial charge >= 0.3 is 5.97 Å². The molecule has 15 heavy (non-hydrogen) atoms. The Morgan fingerprint density at radius 2 is 1.87 bits per heavy atom. The third-order valence-corrected chi connectivity index (χ3v) is 2.25. The minimum atomic E-state index is -0.229. The first-order chi connectivity index (χ1) is 7.01. The second-order valence-corrected chi connectivity index (χ2v) is 4.16. The van der Waals surface area contributed by atoms with Crippen LogP contribution in [0.3, 0.4) is 0 Å². The topological polar surface area (TPSA) is 47.6 Å². The van der Waals surface area contributed by atoms with Gasteiger partial charge in [-0.15, -0.1) is 0 Å². The molecule has 0 saturated carbocycles. The number of rotatable bonds is 7. The van der Waals surface area contributed by atoms with Crippen LogP contribution >= 0.6 is 0 Å². The van der Waals surface area contributed by atoms with Crippen molar-refractivity contribution in [1.82, 2.24) is 5.32 Å². The van der Waals surface area contributed by atoms with Gasteiger partial charge in [-0.2, -0.15) is 0 Å². The summed E-state index contributed by atoms with van der Waals surface area (Å²) in [5.41, 5.74) is 0. The summed E-state index contributed by atoms with van der Waals surface area (Å²) in [6.07, 6.45) is 0.882. The van der Waals surface area contributed by atoms with E-state index in [1.165, 1.54) is 7.11 Å². The van der Waals surface area contributed by atoms with Crippen LogP contribution in [-0.2, 0) is 14.3 Å². The third kappa shape index (κ3) is 6.47. The van der Waals surface area contributed by atoms with Crippen LogP contribution in [0.15, 0.2) is 0 Å². The lowest BCUT2D eigenvalue weighted by atomic mass is 10.0. The van der Waals surface area contributed by atoms with Crippen molar-refractivity contribution in [3.63, 3.8) is 0 Å². The lowest BCUT2D eigenvalue weighted by molar-refractivity contribution is -0.143. The minimum absolute atomic E-state index is 0.101. The van der Waals surface area contributed by atoms with E-state index >= 15 is 0 Å². The molecule has 0 amide bonds. The molecule has 1 N–H and O–H groups in total. The van der Waals surface area contributed by atoms with E-state index in [0.29, 0.717) is 12.5 Å². The molecule has 0 aromatic carbocycles. The van der Waals surface area contributed by atoms with E-state index in [1.807, 2.05) is 6.92 Å². The van der Waals surface area contributed by atoms with E-state index in [9.17, 15) is 4.79 Å². The molecule has 90 valence electrons. The smallest absolute Gasteiger partial charge is 0.322 e. The maximum atomic E-state index is 11.4. The molecular weight excluding hydrogens is 194 g/mol. The molecule has 0 aromatic heterocycles. The Balaban J connectivity index is 4.07. The van der Waals surface area contributed by atoms with Gasteiger partial charge in [0.25, 0.3) is 0 Å². The van der Waals surface area contributed by atoms with Gasteiger partial charge in [-0.1, -0.05) is 13.8 Å². The van der Waals surface area contributed by atoms with Crippen LogP contribution < -0.4 is 5.32 Å². The van der Waals surface area contributed by atoms with Crippen LogP contribution in [0.1, 0.15) is 27.2 Å². The number of esters is 1. The largest absolute Gasteiger partial charge is 0.468 e. The Bertz CT molecular complexity index is 183. The molecule has 0 aromatic rings. The van der Waals surface area contributed by atoms with Crippen LogP contribution in [0.4, 0.5) is 0 Å². The summed E-state index contributed by atoms with van der Waals surface area (Å²) in [7, 11) is 3.07. The Morgan fingerprint density at radius 3 is 2.27 bits per heavy atom. The van der Waals surface area contributed by atoms with Crippen LogP contribution in [0.25, 0.3) is 0 Å². The summed E-state index contributed by atoms with van der Waals surface area (Å²) >= 11 is 0. The average molecular weight is 217 g/mol. The zero-order chi connectivity index (χ0) is 11.8. The number of carbonyl (C=O) groups is 1. The van der Waals surface area contributed by atoms with Crippen LogP contribution in [-0.4, -0.2) is 38.9 Å². The number of hydrogen-bond acceptors (Lipinski definition) is 4. The van der Waals surface area contributed by atoms with Gasteiger partial charge < -0.3 is 14.8 Å². The van der Waals surface area contributed by atoms with Crippen molar-refractivity contribution in [2.45, 2.75) is 39.3 Å². The number of methoxy groups -OCH3 is 2. The maximum Gasteiger partial charge on any atom is 0.322 e. The summed E-state index contributed by atoms with van der Waals surface area (Å²) in [4.78, 5) is 11.4. The fraction of sp³-hybridized carbons (Fsp3) is 0.909. The van der Waals surface area contributed by atoms with Crippen molar-refractivity contribution in [1.29, 1.82) is 0 Å². The third-order valence-electron chi connectivity index (χ3n) is 2.25. The Kier molecular flexibility index (Phi) is 7.34.